The molecule has 5 nitrogen and oxygen atoms in total. The number of nitrogens with zero attached hydrogens (tertiary/aromatic N) is 1. The average Bonchev–Trinajstić information content (AvgIpc) is 2.36. The fraction of sp³-hybridized carbons (Fsp3) is 0.500. The van der Waals surface area contributed by atoms with Crippen molar-refractivity contribution in [1.29, 1.82) is 0 Å². The molecule has 18 heavy (non-hydrogen) atoms. The monoisotopic (exact) mass is 272 g/mol. The molecule has 1 aromatic carbocycles. The lowest BCUT2D eigenvalue weighted by molar-refractivity contribution is 0.214. The lowest BCUT2D eigenvalue weighted by Gasteiger charge is -2.23. The van der Waals surface area contributed by atoms with Crippen LogP contribution in [0.1, 0.15) is 18.1 Å². The van der Waals surface area contributed by atoms with Crippen LogP contribution in [0.3, 0.4) is 0 Å². The summed E-state index contributed by atoms with van der Waals surface area (Å²) in [6, 6.07) is 4.42. The van der Waals surface area contributed by atoms with Gasteiger partial charge in [0.15, 0.2) is 0 Å². The molecule has 1 atom stereocenters. The van der Waals surface area contributed by atoms with Gasteiger partial charge in [-0.25, -0.2) is 8.42 Å². The van der Waals surface area contributed by atoms with E-state index in [0.717, 1.165) is 11.1 Å². The van der Waals surface area contributed by atoms with Crippen LogP contribution in [0.25, 0.3) is 0 Å². The van der Waals surface area contributed by atoms with Crippen molar-refractivity contribution in [1.82, 2.24) is 4.31 Å². The maximum absolute atomic E-state index is 12.3. The van der Waals surface area contributed by atoms with Crippen molar-refractivity contribution in [2.24, 2.45) is 5.73 Å². The molecule has 0 heterocycles. The Morgan fingerprint density at radius 1 is 1.44 bits per heavy atom. The molecule has 0 radical (unpaired) electrons. The van der Waals surface area contributed by atoms with Gasteiger partial charge in [-0.1, -0.05) is 6.07 Å². The van der Waals surface area contributed by atoms with Crippen LogP contribution >= 0.6 is 0 Å². The second-order valence-corrected chi connectivity index (χ2v) is 6.34. The summed E-state index contributed by atoms with van der Waals surface area (Å²) >= 11 is 0. The van der Waals surface area contributed by atoms with Crippen LogP contribution in [0.15, 0.2) is 23.1 Å². The first-order valence-electron chi connectivity index (χ1n) is 5.73. The first-order chi connectivity index (χ1) is 8.34. The summed E-state index contributed by atoms with van der Waals surface area (Å²) in [6.45, 7) is 3.65. The molecular formula is C12H20N2O3S. The molecule has 0 spiro atoms. The van der Waals surface area contributed by atoms with Crippen LogP contribution < -0.4 is 5.73 Å². The van der Waals surface area contributed by atoms with Gasteiger partial charge in [-0.15, -0.1) is 0 Å². The quantitative estimate of drug-likeness (QED) is 0.815. The van der Waals surface area contributed by atoms with E-state index in [0.29, 0.717) is 6.54 Å². The van der Waals surface area contributed by atoms with E-state index in [2.05, 4.69) is 0 Å². The standard InChI is InChI=1S/C12H20N2O3S/c1-9-6-12(5-4-11(9)7-13)18(16,17)14(3)10(2)8-15/h4-6,10,15H,7-8,13H2,1-3H3. The minimum atomic E-state index is -3.57. The fourth-order valence-corrected chi connectivity index (χ4v) is 3.01. The van der Waals surface area contributed by atoms with Gasteiger partial charge in [0.2, 0.25) is 10.0 Å². The number of nitrogens with two attached hydrogens (primary N) is 1. The Morgan fingerprint density at radius 3 is 2.50 bits per heavy atom. The third-order valence-corrected chi connectivity index (χ3v) is 5.06. The number of hydrogen-bond acceptors (Lipinski definition) is 4. The molecule has 0 fully saturated rings. The van der Waals surface area contributed by atoms with Crippen molar-refractivity contribution in [2.45, 2.75) is 31.3 Å². The van der Waals surface area contributed by atoms with Gasteiger partial charge in [0.25, 0.3) is 0 Å². The van der Waals surface area contributed by atoms with Crippen molar-refractivity contribution in [3.63, 3.8) is 0 Å². The molecule has 0 aliphatic heterocycles. The summed E-state index contributed by atoms with van der Waals surface area (Å²) in [7, 11) is -2.10. The van der Waals surface area contributed by atoms with Crippen molar-refractivity contribution in [3.05, 3.63) is 29.3 Å². The number of rotatable bonds is 5. The third-order valence-electron chi connectivity index (χ3n) is 3.10. The van der Waals surface area contributed by atoms with Crippen LogP contribution in [0.2, 0.25) is 0 Å². The zero-order valence-electron chi connectivity index (χ0n) is 10.9. The molecule has 6 heteroatoms. The van der Waals surface area contributed by atoms with Gasteiger partial charge in [-0.05, 0) is 37.1 Å². The van der Waals surface area contributed by atoms with Crippen molar-refractivity contribution < 1.29 is 13.5 Å². The molecule has 102 valence electrons. The van der Waals surface area contributed by atoms with Crippen LogP contribution in [0.5, 0.6) is 0 Å². The maximum atomic E-state index is 12.3. The van der Waals surface area contributed by atoms with Gasteiger partial charge >= 0.3 is 0 Å². The average molecular weight is 272 g/mol. The highest BCUT2D eigenvalue weighted by Crippen LogP contribution is 2.19. The number of aliphatic hydroxyl groups excluding tert-OH is 1. The Labute approximate surface area is 108 Å². The Hall–Kier alpha value is -0.950. The van der Waals surface area contributed by atoms with E-state index in [1.165, 1.54) is 11.4 Å². The molecule has 3 N–H and O–H groups in total. The van der Waals surface area contributed by atoms with Crippen LogP contribution in [-0.2, 0) is 16.6 Å². The van der Waals surface area contributed by atoms with Crippen LogP contribution in [-0.4, -0.2) is 37.5 Å². The number of hydrogen-bond donors (Lipinski definition) is 2. The zero-order valence-corrected chi connectivity index (χ0v) is 11.7. The molecule has 0 aliphatic rings. The first-order valence-corrected chi connectivity index (χ1v) is 7.17. The largest absolute Gasteiger partial charge is 0.395 e. The molecule has 0 aliphatic carbocycles. The predicted molar refractivity (Wildman–Crippen MR) is 70.6 cm³/mol. The van der Waals surface area contributed by atoms with E-state index < -0.39 is 16.1 Å². The second-order valence-electron chi connectivity index (χ2n) is 4.35. The van der Waals surface area contributed by atoms with Gasteiger partial charge in [-0.3, -0.25) is 0 Å². The normalized spacial score (nSPS) is 13.9. The van der Waals surface area contributed by atoms with Gasteiger partial charge in [0, 0.05) is 19.6 Å². The SMILES string of the molecule is Cc1cc(S(=O)(=O)N(C)C(C)CO)ccc1CN. The molecular weight excluding hydrogens is 252 g/mol. The number of aryl methyl sites for hydroxylation is 1. The second kappa shape index (κ2) is 5.79. The van der Waals surface area contributed by atoms with Crippen molar-refractivity contribution in [3.8, 4) is 0 Å². The molecule has 0 aromatic heterocycles. The Bertz CT molecular complexity index is 514. The molecule has 0 bridgehead atoms. The van der Waals surface area contributed by atoms with Gasteiger partial charge in [0.05, 0.1) is 11.5 Å². The highest BCUT2D eigenvalue weighted by Gasteiger charge is 2.25. The van der Waals surface area contributed by atoms with Crippen molar-refractivity contribution in [2.75, 3.05) is 13.7 Å². The smallest absolute Gasteiger partial charge is 0.243 e. The third kappa shape index (κ3) is 2.89. The molecule has 1 rings (SSSR count). The molecule has 1 aromatic rings. The minimum Gasteiger partial charge on any atom is -0.395 e. The lowest BCUT2D eigenvalue weighted by Crippen LogP contribution is -2.37. The van der Waals surface area contributed by atoms with E-state index in [-0.39, 0.29) is 11.5 Å². The predicted octanol–water partition coefficient (Wildman–Crippen LogP) is 0.455. The summed E-state index contributed by atoms with van der Waals surface area (Å²) in [5.41, 5.74) is 7.32. The van der Waals surface area contributed by atoms with E-state index in [4.69, 9.17) is 10.8 Å². The highest BCUT2D eigenvalue weighted by molar-refractivity contribution is 7.89. The minimum absolute atomic E-state index is 0.213. The van der Waals surface area contributed by atoms with Crippen LogP contribution in [0.4, 0.5) is 0 Å². The van der Waals surface area contributed by atoms with E-state index in [1.807, 2.05) is 6.92 Å². The summed E-state index contributed by atoms with van der Waals surface area (Å²) in [5, 5.41) is 9.03. The summed E-state index contributed by atoms with van der Waals surface area (Å²) < 4.78 is 25.7. The molecule has 0 saturated carbocycles. The summed E-state index contributed by atoms with van der Waals surface area (Å²) in [5.74, 6) is 0. The Balaban J connectivity index is 3.17. The van der Waals surface area contributed by atoms with E-state index >= 15 is 0 Å². The highest BCUT2D eigenvalue weighted by atomic mass is 32.2. The number of sulfonamides is 1. The topological polar surface area (TPSA) is 83.6 Å². The number of benzene rings is 1. The van der Waals surface area contributed by atoms with Crippen molar-refractivity contribution >= 4 is 10.0 Å². The van der Waals surface area contributed by atoms with E-state index in [1.54, 1.807) is 25.1 Å². The van der Waals surface area contributed by atoms with Gasteiger partial charge in [-0.2, -0.15) is 4.31 Å². The van der Waals surface area contributed by atoms with Gasteiger partial charge < -0.3 is 10.8 Å². The maximum Gasteiger partial charge on any atom is 0.243 e. The first kappa shape index (κ1) is 15.1. The Morgan fingerprint density at radius 2 is 2.06 bits per heavy atom. The Kier molecular flexibility index (Phi) is 4.86. The molecule has 0 saturated heterocycles. The molecule has 1 unspecified atom stereocenters. The zero-order chi connectivity index (χ0) is 13.9. The molecule has 0 amide bonds. The fourth-order valence-electron chi connectivity index (χ4n) is 1.58. The summed E-state index contributed by atoms with van der Waals surface area (Å²) in [4.78, 5) is 0.222. The number of aliphatic hydroxyl groups is 1. The number of likely N-dealkylation sites (N-methyl/N-ethyl adjacent to an activating group) is 1. The summed E-state index contributed by atoms with van der Waals surface area (Å²) in [6.07, 6.45) is 0. The van der Waals surface area contributed by atoms with Crippen LogP contribution in [0, 0.1) is 6.92 Å². The lowest BCUT2D eigenvalue weighted by atomic mass is 10.1. The van der Waals surface area contributed by atoms with E-state index in [9.17, 15) is 8.42 Å². The van der Waals surface area contributed by atoms with Gasteiger partial charge in [0.1, 0.15) is 0 Å².